The molecule has 0 bridgehead atoms. The average Bonchev–Trinajstić information content (AvgIpc) is 3.52. The Morgan fingerprint density at radius 3 is 2.49 bits per heavy atom. The molecule has 0 saturated carbocycles. The predicted molar refractivity (Wildman–Crippen MR) is 138 cm³/mol. The zero-order valence-electron chi connectivity index (χ0n) is 20.1. The van der Waals surface area contributed by atoms with Gasteiger partial charge in [0, 0.05) is 25.6 Å². The molecular weight excluding hydrogens is 482 g/mol. The summed E-state index contributed by atoms with van der Waals surface area (Å²) < 4.78 is 34.6. The van der Waals surface area contributed by atoms with E-state index in [1.54, 1.807) is 17.0 Å². The van der Waals surface area contributed by atoms with Crippen LogP contribution in [0.5, 0.6) is 0 Å². The molecule has 1 aromatic heterocycles. The summed E-state index contributed by atoms with van der Waals surface area (Å²) in [7, 11) is -3.56. The van der Waals surface area contributed by atoms with Gasteiger partial charge in [-0.3, -0.25) is 9.69 Å². The number of carbonyl (C=O) groups is 1. The fourth-order valence-corrected chi connectivity index (χ4v) is 7.36. The summed E-state index contributed by atoms with van der Waals surface area (Å²) in [4.78, 5) is 20.6. The van der Waals surface area contributed by atoms with E-state index in [-0.39, 0.29) is 17.9 Å². The first-order valence-electron chi connectivity index (χ1n) is 12.2. The van der Waals surface area contributed by atoms with Crippen LogP contribution in [0.25, 0.3) is 10.2 Å². The molecule has 2 fully saturated rings. The quantitative estimate of drug-likeness (QED) is 0.484. The minimum absolute atomic E-state index is 0.00898. The first kappa shape index (κ1) is 24.4. The van der Waals surface area contributed by atoms with Crippen LogP contribution in [0.1, 0.15) is 36.8 Å². The Kier molecular flexibility index (Phi) is 6.94. The lowest BCUT2D eigenvalue weighted by molar-refractivity contribution is -0.123. The van der Waals surface area contributed by atoms with Gasteiger partial charge in [0.25, 0.3) is 0 Å². The van der Waals surface area contributed by atoms with Crippen LogP contribution in [0.2, 0.25) is 0 Å². The Hall–Kier alpha value is -2.33. The van der Waals surface area contributed by atoms with E-state index in [1.165, 1.54) is 15.6 Å². The summed E-state index contributed by atoms with van der Waals surface area (Å²) in [6.45, 7) is 5.86. The summed E-state index contributed by atoms with van der Waals surface area (Å²) in [6, 6.07) is 13.0. The molecule has 1 amide bonds. The predicted octanol–water partition coefficient (Wildman–Crippen LogP) is 4.53. The maximum atomic E-state index is 13.8. The molecule has 0 aliphatic carbocycles. The highest BCUT2D eigenvalue weighted by Crippen LogP contribution is 2.33. The van der Waals surface area contributed by atoms with Gasteiger partial charge in [-0.15, -0.1) is 0 Å². The van der Waals surface area contributed by atoms with Crippen LogP contribution in [0.3, 0.4) is 0 Å². The number of ether oxygens (including phenoxy) is 1. The molecule has 2 aromatic carbocycles. The smallest absolute Gasteiger partial charge is 0.243 e. The van der Waals surface area contributed by atoms with Crippen molar-refractivity contribution < 1.29 is 17.9 Å². The van der Waals surface area contributed by atoms with Gasteiger partial charge in [0.15, 0.2) is 5.13 Å². The first-order valence-corrected chi connectivity index (χ1v) is 14.4. The lowest BCUT2D eigenvalue weighted by Gasteiger charge is -2.33. The minimum atomic E-state index is -3.56. The number of anilines is 1. The van der Waals surface area contributed by atoms with Crippen LogP contribution in [-0.4, -0.2) is 56.0 Å². The number of thiazole rings is 1. The first-order chi connectivity index (χ1) is 16.8. The zero-order valence-corrected chi connectivity index (χ0v) is 21.8. The number of benzene rings is 2. The molecular formula is C26H31N3O4S2. The molecule has 3 aromatic rings. The Morgan fingerprint density at radius 2 is 1.80 bits per heavy atom. The molecule has 186 valence electrons. The highest BCUT2D eigenvalue weighted by atomic mass is 32.2. The fourth-order valence-electron chi connectivity index (χ4n) is 4.81. The second-order valence-corrected chi connectivity index (χ2v) is 12.5. The van der Waals surface area contributed by atoms with E-state index in [1.807, 2.05) is 38.1 Å². The number of hydrogen-bond donors (Lipinski definition) is 0. The summed E-state index contributed by atoms with van der Waals surface area (Å²) in [5.74, 6) is -0.224. The van der Waals surface area contributed by atoms with Crippen molar-refractivity contribution >= 4 is 42.6 Å². The largest absolute Gasteiger partial charge is 0.376 e. The van der Waals surface area contributed by atoms with Gasteiger partial charge in [-0.25, -0.2) is 13.4 Å². The number of amides is 1. The number of aromatic nitrogens is 1. The number of carbonyl (C=O) groups excluding carboxylic acids is 1. The summed E-state index contributed by atoms with van der Waals surface area (Å²) >= 11 is 1.53. The molecule has 3 heterocycles. The van der Waals surface area contributed by atoms with Crippen molar-refractivity contribution in [2.45, 2.75) is 50.5 Å². The summed E-state index contributed by atoms with van der Waals surface area (Å²) in [6.07, 6.45) is 2.93. The monoisotopic (exact) mass is 513 g/mol. The van der Waals surface area contributed by atoms with Crippen LogP contribution in [0.4, 0.5) is 5.13 Å². The van der Waals surface area contributed by atoms with Gasteiger partial charge in [0.1, 0.15) is 0 Å². The molecule has 9 heteroatoms. The second-order valence-electron chi connectivity index (χ2n) is 9.54. The number of aryl methyl sites for hydroxylation is 2. The molecule has 0 N–H and O–H groups in total. The molecule has 0 radical (unpaired) electrons. The van der Waals surface area contributed by atoms with Gasteiger partial charge in [0.2, 0.25) is 15.9 Å². The van der Waals surface area contributed by atoms with Crippen molar-refractivity contribution in [1.82, 2.24) is 9.29 Å². The van der Waals surface area contributed by atoms with Gasteiger partial charge in [-0.05, 0) is 69.4 Å². The molecule has 2 saturated heterocycles. The van der Waals surface area contributed by atoms with Gasteiger partial charge in [-0.2, -0.15) is 4.31 Å². The van der Waals surface area contributed by atoms with Crippen LogP contribution in [-0.2, 0) is 19.6 Å². The third-order valence-electron chi connectivity index (χ3n) is 6.90. The maximum absolute atomic E-state index is 13.8. The van der Waals surface area contributed by atoms with E-state index in [9.17, 15) is 13.2 Å². The highest BCUT2D eigenvalue weighted by molar-refractivity contribution is 7.89. The van der Waals surface area contributed by atoms with Gasteiger partial charge >= 0.3 is 0 Å². The van der Waals surface area contributed by atoms with E-state index in [2.05, 4.69) is 6.07 Å². The van der Waals surface area contributed by atoms with E-state index in [0.717, 1.165) is 40.8 Å². The average molecular weight is 514 g/mol. The van der Waals surface area contributed by atoms with Crippen molar-refractivity contribution in [2.24, 2.45) is 5.92 Å². The van der Waals surface area contributed by atoms with Crippen LogP contribution < -0.4 is 4.90 Å². The van der Waals surface area contributed by atoms with E-state index < -0.39 is 10.0 Å². The Bertz CT molecular complexity index is 1310. The van der Waals surface area contributed by atoms with Crippen molar-refractivity contribution in [1.29, 1.82) is 0 Å². The fraction of sp³-hybridized carbons (Fsp3) is 0.462. The Morgan fingerprint density at radius 1 is 1.09 bits per heavy atom. The zero-order chi connectivity index (χ0) is 24.6. The number of fused-ring (bicyclic) bond motifs is 1. The lowest BCUT2D eigenvalue weighted by Crippen LogP contribution is -2.46. The summed E-state index contributed by atoms with van der Waals surface area (Å²) in [5.41, 5.74) is 3.07. The SMILES string of the molecule is Cc1ccc(S(=O)(=O)N2CCC(C(=O)N(CC3CCCO3)c3nc4ccc(C)cc4s3)CC2)cc1. The van der Waals surface area contributed by atoms with Gasteiger partial charge in [-0.1, -0.05) is 35.1 Å². The third kappa shape index (κ3) is 5.14. The van der Waals surface area contributed by atoms with Crippen LogP contribution in [0.15, 0.2) is 47.4 Å². The maximum Gasteiger partial charge on any atom is 0.243 e. The molecule has 1 unspecified atom stereocenters. The van der Waals surface area contributed by atoms with E-state index >= 15 is 0 Å². The van der Waals surface area contributed by atoms with Crippen molar-refractivity contribution in [3.05, 3.63) is 53.6 Å². The van der Waals surface area contributed by atoms with Crippen molar-refractivity contribution in [2.75, 3.05) is 31.1 Å². The van der Waals surface area contributed by atoms with Gasteiger partial charge < -0.3 is 4.74 Å². The molecule has 2 aliphatic rings. The molecule has 5 rings (SSSR count). The van der Waals surface area contributed by atoms with E-state index in [4.69, 9.17) is 9.72 Å². The normalized spacial score (nSPS) is 19.9. The lowest BCUT2D eigenvalue weighted by atomic mass is 9.96. The van der Waals surface area contributed by atoms with Gasteiger partial charge in [0.05, 0.1) is 27.8 Å². The number of nitrogens with zero attached hydrogens (tertiary/aromatic N) is 3. The standard InChI is InChI=1S/C26H31N3O4S2/c1-18-5-8-22(9-6-18)35(31,32)28-13-11-20(12-14-28)25(30)29(17-21-4-3-15-33-21)26-27-23-10-7-19(2)16-24(23)34-26/h5-10,16,20-21H,3-4,11-15,17H2,1-2H3. The number of sulfonamides is 1. The van der Waals surface area contributed by atoms with Crippen molar-refractivity contribution in [3.63, 3.8) is 0 Å². The topological polar surface area (TPSA) is 79.8 Å². The second kappa shape index (κ2) is 9.97. The Labute approximate surface area is 210 Å². The molecule has 0 spiro atoms. The highest BCUT2D eigenvalue weighted by Gasteiger charge is 2.36. The molecule has 7 nitrogen and oxygen atoms in total. The number of rotatable bonds is 6. The van der Waals surface area contributed by atoms with Crippen LogP contribution in [0, 0.1) is 19.8 Å². The van der Waals surface area contributed by atoms with Crippen LogP contribution >= 0.6 is 11.3 Å². The number of hydrogen-bond acceptors (Lipinski definition) is 6. The molecule has 2 aliphatic heterocycles. The molecule has 1 atom stereocenters. The Balaban J connectivity index is 1.33. The summed E-state index contributed by atoms with van der Waals surface area (Å²) in [5, 5.41) is 0.695. The van der Waals surface area contributed by atoms with Crippen molar-refractivity contribution in [3.8, 4) is 0 Å². The number of piperidine rings is 1. The van der Waals surface area contributed by atoms with E-state index in [0.29, 0.717) is 42.5 Å². The minimum Gasteiger partial charge on any atom is -0.376 e. The third-order valence-corrected chi connectivity index (χ3v) is 9.86. The molecule has 35 heavy (non-hydrogen) atoms.